The zero-order valence-corrected chi connectivity index (χ0v) is 24.8. The highest BCUT2D eigenvalue weighted by Gasteiger charge is 2.34. The standard InChI is InChI=1S/C29H32Cl2FN3O4S/c1-4-27(29(37)33-17-20(2)3)34(18-21-10-8-9-13-24(21)30)28(36)19-35(22-14-15-26(32)25(31)16-22)40(38,39)23-11-6-5-7-12-23/h5-16,20,27H,4,17-19H2,1-3H3,(H,33,37). The van der Waals surface area contributed by atoms with Crippen molar-refractivity contribution in [1.29, 1.82) is 0 Å². The second-order valence-electron chi connectivity index (χ2n) is 9.60. The van der Waals surface area contributed by atoms with Crippen LogP contribution >= 0.6 is 23.2 Å². The minimum absolute atomic E-state index is 0.00129. The van der Waals surface area contributed by atoms with Gasteiger partial charge < -0.3 is 10.2 Å². The van der Waals surface area contributed by atoms with Gasteiger partial charge in [0.15, 0.2) is 0 Å². The third-order valence-corrected chi connectivity index (χ3v) is 8.62. The molecule has 0 aliphatic carbocycles. The van der Waals surface area contributed by atoms with Gasteiger partial charge in [-0.3, -0.25) is 13.9 Å². The molecule has 2 amide bonds. The molecule has 1 atom stereocenters. The maximum Gasteiger partial charge on any atom is 0.264 e. The summed E-state index contributed by atoms with van der Waals surface area (Å²) in [6.07, 6.45) is 0.272. The Kier molecular flexibility index (Phi) is 11.0. The average Bonchev–Trinajstić information content (AvgIpc) is 2.93. The Morgan fingerprint density at radius 2 is 1.60 bits per heavy atom. The first kappa shape index (κ1) is 31.4. The summed E-state index contributed by atoms with van der Waals surface area (Å²) in [6.45, 7) is 5.38. The van der Waals surface area contributed by atoms with E-state index in [1.54, 1.807) is 49.4 Å². The van der Waals surface area contributed by atoms with E-state index in [0.717, 1.165) is 16.4 Å². The van der Waals surface area contributed by atoms with Crippen molar-refractivity contribution in [2.75, 3.05) is 17.4 Å². The summed E-state index contributed by atoms with van der Waals surface area (Å²) >= 11 is 12.4. The van der Waals surface area contributed by atoms with E-state index in [1.165, 1.54) is 23.1 Å². The smallest absolute Gasteiger partial charge is 0.264 e. The van der Waals surface area contributed by atoms with E-state index in [0.29, 0.717) is 17.1 Å². The highest BCUT2D eigenvalue weighted by atomic mass is 35.5. The number of rotatable bonds is 12. The van der Waals surface area contributed by atoms with Crippen LogP contribution in [0.15, 0.2) is 77.7 Å². The van der Waals surface area contributed by atoms with E-state index in [9.17, 15) is 22.4 Å². The molecule has 0 fully saturated rings. The summed E-state index contributed by atoms with van der Waals surface area (Å²) in [5.74, 6) is -1.56. The van der Waals surface area contributed by atoms with Crippen LogP contribution in [0.3, 0.4) is 0 Å². The quantitative estimate of drug-likeness (QED) is 0.277. The number of carbonyl (C=O) groups is 2. The largest absolute Gasteiger partial charge is 0.354 e. The van der Waals surface area contributed by atoms with Crippen LogP contribution in [-0.2, 0) is 26.2 Å². The molecule has 1 unspecified atom stereocenters. The van der Waals surface area contributed by atoms with Crippen molar-refractivity contribution in [3.05, 3.63) is 94.2 Å². The molecule has 0 spiro atoms. The number of hydrogen-bond donors (Lipinski definition) is 1. The number of benzene rings is 3. The van der Waals surface area contributed by atoms with E-state index < -0.39 is 34.3 Å². The monoisotopic (exact) mass is 607 g/mol. The van der Waals surface area contributed by atoms with Crippen LogP contribution < -0.4 is 9.62 Å². The van der Waals surface area contributed by atoms with Crippen molar-refractivity contribution in [3.63, 3.8) is 0 Å². The molecule has 0 saturated carbocycles. The van der Waals surface area contributed by atoms with Gasteiger partial charge in [-0.15, -0.1) is 0 Å². The van der Waals surface area contributed by atoms with Gasteiger partial charge in [-0.05, 0) is 54.3 Å². The van der Waals surface area contributed by atoms with Crippen molar-refractivity contribution in [2.45, 2.75) is 44.7 Å². The Balaban J connectivity index is 2.07. The molecule has 3 aromatic rings. The van der Waals surface area contributed by atoms with Gasteiger partial charge in [0, 0.05) is 18.1 Å². The summed E-state index contributed by atoms with van der Waals surface area (Å²) in [7, 11) is -4.29. The van der Waals surface area contributed by atoms with E-state index >= 15 is 0 Å². The van der Waals surface area contributed by atoms with Crippen molar-refractivity contribution in [3.8, 4) is 0 Å². The molecule has 3 aromatic carbocycles. The highest BCUT2D eigenvalue weighted by molar-refractivity contribution is 7.92. The highest BCUT2D eigenvalue weighted by Crippen LogP contribution is 2.29. The second kappa shape index (κ2) is 14.0. The van der Waals surface area contributed by atoms with Gasteiger partial charge in [0.2, 0.25) is 11.8 Å². The minimum atomic E-state index is -4.29. The molecule has 1 N–H and O–H groups in total. The fraction of sp³-hybridized carbons (Fsp3) is 0.310. The molecule has 0 aromatic heterocycles. The van der Waals surface area contributed by atoms with Crippen molar-refractivity contribution >= 4 is 50.7 Å². The Labute approximate surface area is 244 Å². The summed E-state index contributed by atoms with van der Waals surface area (Å²) < 4.78 is 42.4. The molecule has 0 aliphatic heterocycles. The molecule has 3 rings (SSSR count). The Morgan fingerprint density at radius 3 is 2.20 bits per heavy atom. The van der Waals surface area contributed by atoms with Gasteiger partial charge in [-0.2, -0.15) is 0 Å². The number of sulfonamides is 1. The van der Waals surface area contributed by atoms with E-state index in [2.05, 4.69) is 5.32 Å². The van der Waals surface area contributed by atoms with Crippen LogP contribution in [0.25, 0.3) is 0 Å². The predicted octanol–water partition coefficient (Wildman–Crippen LogP) is 5.91. The normalized spacial score (nSPS) is 12.2. The lowest BCUT2D eigenvalue weighted by atomic mass is 10.1. The molecule has 214 valence electrons. The SMILES string of the molecule is CCC(C(=O)NCC(C)C)N(Cc1ccccc1Cl)C(=O)CN(c1ccc(F)c(Cl)c1)S(=O)(=O)c1ccccc1. The summed E-state index contributed by atoms with van der Waals surface area (Å²) in [5.41, 5.74) is 0.591. The van der Waals surface area contributed by atoms with Crippen LogP contribution in [0, 0.1) is 11.7 Å². The maximum absolute atomic E-state index is 14.0. The zero-order chi connectivity index (χ0) is 29.4. The van der Waals surface area contributed by atoms with E-state index in [4.69, 9.17) is 23.2 Å². The molecule has 0 bridgehead atoms. The fourth-order valence-electron chi connectivity index (χ4n) is 4.04. The van der Waals surface area contributed by atoms with Gasteiger partial charge in [-0.1, -0.05) is 80.4 Å². The van der Waals surface area contributed by atoms with Crippen LogP contribution in [0.4, 0.5) is 10.1 Å². The van der Waals surface area contributed by atoms with Crippen LogP contribution in [0.1, 0.15) is 32.8 Å². The van der Waals surface area contributed by atoms with Gasteiger partial charge in [-0.25, -0.2) is 12.8 Å². The first-order valence-electron chi connectivity index (χ1n) is 12.8. The summed E-state index contributed by atoms with van der Waals surface area (Å²) in [4.78, 5) is 28.5. The lowest BCUT2D eigenvalue weighted by Gasteiger charge is -2.33. The third-order valence-electron chi connectivity index (χ3n) is 6.17. The number of nitrogens with one attached hydrogen (secondary N) is 1. The lowest BCUT2D eigenvalue weighted by Crippen LogP contribution is -2.52. The Morgan fingerprint density at radius 1 is 0.950 bits per heavy atom. The summed E-state index contributed by atoms with van der Waals surface area (Å²) in [6, 6.07) is 17.0. The van der Waals surface area contributed by atoms with E-state index in [1.807, 2.05) is 13.8 Å². The topological polar surface area (TPSA) is 86.8 Å². The van der Waals surface area contributed by atoms with Crippen molar-refractivity contribution in [2.24, 2.45) is 5.92 Å². The summed E-state index contributed by atoms with van der Waals surface area (Å²) in [5, 5.41) is 2.97. The number of carbonyl (C=O) groups excluding carboxylic acids is 2. The molecule has 40 heavy (non-hydrogen) atoms. The van der Waals surface area contributed by atoms with Crippen molar-refractivity contribution < 1.29 is 22.4 Å². The molecule has 0 radical (unpaired) electrons. The predicted molar refractivity (Wildman–Crippen MR) is 156 cm³/mol. The molecular weight excluding hydrogens is 576 g/mol. The van der Waals surface area contributed by atoms with Gasteiger partial charge in [0.1, 0.15) is 18.4 Å². The third kappa shape index (κ3) is 7.74. The number of anilines is 1. The first-order chi connectivity index (χ1) is 18.9. The minimum Gasteiger partial charge on any atom is -0.354 e. The van der Waals surface area contributed by atoms with E-state index in [-0.39, 0.29) is 40.4 Å². The zero-order valence-electron chi connectivity index (χ0n) is 22.5. The number of nitrogens with zero attached hydrogens (tertiary/aromatic N) is 2. The molecular formula is C29H32Cl2FN3O4S. The molecule has 0 heterocycles. The lowest BCUT2D eigenvalue weighted by molar-refractivity contribution is -0.140. The first-order valence-corrected chi connectivity index (χ1v) is 15.0. The number of halogens is 3. The average molecular weight is 609 g/mol. The van der Waals surface area contributed by atoms with Crippen LogP contribution in [0.2, 0.25) is 10.0 Å². The second-order valence-corrected chi connectivity index (χ2v) is 12.3. The number of hydrogen-bond acceptors (Lipinski definition) is 4. The van der Waals surface area contributed by atoms with Crippen molar-refractivity contribution in [1.82, 2.24) is 10.2 Å². The molecule has 11 heteroatoms. The van der Waals surface area contributed by atoms with Gasteiger partial charge >= 0.3 is 0 Å². The Bertz CT molecular complexity index is 1440. The van der Waals surface area contributed by atoms with Gasteiger partial charge in [0.05, 0.1) is 15.6 Å². The Hall–Kier alpha value is -3.14. The maximum atomic E-state index is 14.0. The van der Waals surface area contributed by atoms with Crippen LogP contribution in [-0.4, -0.2) is 44.3 Å². The molecule has 7 nitrogen and oxygen atoms in total. The fourth-order valence-corrected chi connectivity index (χ4v) is 5.84. The molecule has 0 saturated heterocycles. The van der Waals surface area contributed by atoms with Crippen LogP contribution in [0.5, 0.6) is 0 Å². The van der Waals surface area contributed by atoms with Gasteiger partial charge in [0.25, 0.3) is 10.0 Å². The number of amides is 2. The molecule has 0 aliphatic rings.